The predicted octanol–water partition coefficient (Wildman–Crippen LogP) is 4.21. The highest BCUT2D eigenvalue weighted by Crippen LogP contribution is 2.44. The van der Waals surface area contributed by atoms with Gasteiger partial charge in [-0.2, -0.15) is 0 Å². The number of ether oxygens (including phenoxy) is 2. The van der Waals surface area contributed by atoms with E-state index in [4.69, 9.17) is 20.9 Å². The molecular formula is C25H31N5O2. The zero-order chi connectivity index (χ0) is 21.7. The molecule has 32 heavy (non-hydrogen) atoms. The number of nitrogen functional groups attached to an aromatic ring is 1. The van der Waals surface area contributed by atoms with Crippen LogP contribution in [0.1, 0.15) is 57.4 Å². The summed E-state index contributed by atoms with van der Waals surface area (Å²) in [7, 11) is 0. The number of fused-ring (bicyclic) bond motifs is 3. The normalized spacial score (nSPS) is 29.6. The first kappa shape index (κ1) is 20.0. The average molecular weight is 434 g/mol. The molecule has 7 nitrogen and oxygen atoms in total. The first-order chi connectivity index (χ1) is 15.6. The minimum absolute atomic E-state index is 0.0865. The molecule has 2 saturated heterocycles. The van der Waals surface area contributed by atoms with Crippen molar-refractivity contribution in [2.75, 3.05) is 12.3 Å². The topological polar surface area (TPSA) is 101 Å². The Hall–Kier alpha value is -2.64. The van der Waals surface area contributed by atoms with E-state index in [-0.39, 0.29) is 5.60 Å². The summed E-state index contributed by atoms with van der Waals surface area (Å²) in [4.78, 5) is 8.90. The third-order valence-electron chi connectivity index (χ3n) is 7.68. The maximum Gasteiger partial charge on any atom is 0.146 e. The first-order valence-electron chi connectivity index (χ1n) is 11.9. The summed E-state index contributed by atoms with van der Waals surface area (Å²) in [6.45, 7) is 0.613. The molecule has 2 aliphatic heterocycles. The molecule has 0 spiro atoms. The molecular weight excluding hydrogens is 402 g/mol. The van der Waals surface area contributed by atoms with Crippen molar-refractivity contribution in [3.63, 3.8) is 0 Å². The molecule has 1 aliphatic carbocycles. The van der Waals surface area contributed by atoms with Crippen LogP contribution >= 0.6 is 0 Å². The van der Waals surface area contributed by atoms with Crippen LogP contribution in [-0.2, 0) is 4.74 Å². The third-order valence-corrected chi connectivity index (χ3v) is 7.68. The van der Waals surface area contributed by atoms with E-state index < -0.39 is 0 Å². The fourth-order valence-electron chi connectivity index (χ4n) is 5.84. The molecule has 1 saturated carbocycles. The molecule has 4 N–H and O–H groups in total. The van der Waals surface area contributed by atoms with Crippen molar-refractivity contribution in [3.05, 3.63) is 36.8 Å². The summed E-state index contributed by atoms with van der Waals surface area (Å²) < 4.78 is 14.7. The highest BCUT2D eigenvalue weighted by Gasteiger charge is 2.46. The number of benzene rings is 1. The molecule has 0 radical (unpaired) electrons. The standard InChI is InChI=1S/C25H31N5O2/c26-17-4-6-18(7-5-17)30-13-21(22-23(27)28-15-29-24(22)30)16-2-1-3-20(12-16)31-14-25-10-8-19(32-25)9-11-25/h1-3,12-13,15,17-19H,4-11,14,26H2,(H2,27,28,29)/t17-,18-,19?,25?. The Kier molecular flexibility index (Phi) is 4.84. The van der Waals surface area contributed by atoms with Crippen LogP contribution in [0.4, 0.5) is 5.82 Å². The zero-order valence-corrected chi connectivity index (χ0v) is 18.4. The van der Waals surface area contributed by atoms with Crippen LogP contribution < -0.4 is 16.2 Å². The van der Waals surface area contributed by atoms with Gasteiger partial charge >= 0.3 is 0 Å². The Morgan fingerprint density at radius 1 is 1.09 bits per heavy atom. The molecule has 0 unspecified atom stereocenters. The molecule has 2 bridgehead atoms. The summed E-state index contributed by atoms with van der Waals surface area (Å²) in [6, 6.07) is 8.94. The van der Waals surface area contributed by atoms with Gasteiger partial charge in [-0.25, -0.2) is 9.97 Å². The van der Waals surface area contributed by atoms with Crippen molar-refractivity contribution in [2.45, 2.75) is 75.2 Å². The van der Waals surface area contributed by atoms with Gasteiger partial charge in [0.05, 0.1) is 11.5 Å². The number of anilines is 1. The van der Waals surface area contributed by atoms with E-state index in [1.54, 1.807) is 6.33 Å². The zero-order valence-electron chi connectivity index (χ0n) is 18.4. The van der Waals surface area contributed by atoms with Crippen molar-refractivity contribution in [1.82, 2.24) is 14.5 Å². The van der Waals surface area contributed by atoms with E-state index in [1.807, 2.05) is 12.1 Å². The molecule has 2 aromatic heterocycles. The lowest BCUT2D eigenvalue weighted by Crippen LogP contribution is -2.32. The van der Waals surface area contributed by atoms with Gasteiger partial charge in [-0.3, -0.25) is 0 Å². The third kappa shape index (κ3) is 3.44. The van der Waals surface area contributed by atoms with Crippen LogP contribution in [-0.4, -0.2) is 38.9 Å². The molecule has 0 atom stereocenters. The van der Waals surface area contributed by atoms with Crippen molar-refractivity contribution in [3.8, 4) is 16.9 Å². The molecule has 0 amide bonds. The maximum absolute atomic E-state index is 6.35. The van der Waals surface area contributed by atoms with E-state index >= 15 is 0 Å². The molecule has 1 aromatic carbocycles. The lowest BCUT2D eigenvalue weighted by atomic mass is 9.89. The second-order valence-electron chi connectivity index (χ2n) is 9.79. The van der Waals surface area contributed by atoms with E-state index in [9.17, 15) is 0 Å². The second-order valence-corrected chi connectivity index (χ2v) is 9.79. The number of nitrogens with zero attached hydrogens (tertiary/aromatic N) is 3. The quantitative estimate of drug-likeness (QED) is 0.625. The largest absolute Gasteiger partial charge is 0.491 e. The fourth-order valence-corrected chi connectivity index (χ4v) is 5.84. The maximum atomic E-state index is 6.35. The SMILES string of the molecule is Nc1ncnc2c1c(-c1cccc(OCC34CCC(CC3)O4)c1)cn2[C@H]1CC[C@H](N)CC1. The van der Waals surface area contributed by atoms with Gasteiger partial charge in [0.2, 0.25) is 0 Å². The van der Waals surface area contributed by atoms with E-state index in [2.05, 4.69) is 32.9 Å². The Morgan fingerprint density at radius 2 is 1.91 bits per heavy atom. The summed E-state index contributed by atoms with van der Waals surface area (Å²) >= 11 is 0. The fraction of sp³-hybridized carbons (Fsp3) is 0.520. The van der Waals surface area contributed by atoms with Gasteiger partial charge in [-0.05, 0) is 69.1 Å². The number of aromatic nitrogens is 3. The van der Waals surface area contributed by atoms with Crippen LogP contribution in [0.5, 0.6) is 5.75 Å². The summed E-state index contributed by atoms with van der Waals surface area (Å²) in [5.74, 6) is 1.37. The van der Waals surface area contributed by atoms with Crippen LogP contribution in [0.25, 0.3) is 22.2 Å². The van der Waals surface area contributed by atoms with Gasteiger partial charge < -0.3 is 25.5 Å². The molecule has 6 rings (SSSR count). The van der Waals surface area contributed by atoms with Gasteiger partial charge in [0.15, 0.2) is 0 Å². The van der Waals surface area contributed by atoms with Gasteiger partial charge in [0.25, 0.3) is 0 Å². The Labute approximate surface area is 188 Å². The second kappa shape index (κ2) is 7.74. The van der Waals surface area contributed by atoms with Crippen molar-refractivity contribution in [2.24, 2.45) is 5.73 Å². The van der Waals surface area contributed by atoms with Crippen LogP contribution in [0.3, 0.4) is 0 Å². The predicted molar refractivity (Wildman–Crippen MR) is 124 cm³/mol. The van der Waals surface area contributed by atoms with Crippen molar-refractivity contribution in [1.29, 1.82) is 0 Å². The van der Waals surface area contributed by atoms with E-state index in [1.165, 1.54) is 0 Å². The minimum Gasteiger partial charge on any atom is -0.491 e. The van der Waals surface area contributed by atoms with E-state index in [0.29, 0.717) is 30.6 Å². The highest BCUT2D eigenvalue weighted by atomic mass is 16.6. The molecule has 7 heteroatoms. The molecule has 3 fully saturated rings. The number of hydrogen-bond acceptors (Lipinski definition) is 6. The smallest absolute Gasteiger partial charge is 0.146 e. The lowest BCUT2D eigenvalue weighted by Gasteiger charge is -2.27. The average Bonchev–Trinajstić information content (AvgIpc) is 3.53. The Morgan fingerprint density at radius 3 is 2.66 bits per heavy atom. The monoisotopic (exact) mass is 433 g/mol. The van der Waals surface area contributed by atoms with Crippen LogP contribution in [0, 0.1) is 0 Å². The summed E-state index contributed by atoms with van der Waals surface area (Å²) in [5, 5.41) is 0.913. The van der Waals surface area contributed by atoms with E-state index in [0.717, 1.165) is 79.3 Å². The molecule has 4 heterocycles. The van der Waals surface area contributed by atoms with Crippen molar-refractivity contribution < 1.29 is 9.47 Å². The van der Waals surface area contributed by atoms with Gasteiger partial charge in [0.1, 0.15) is 35.7 Å². The Balaban J connectivity index is 1.32. The minimum atomic E-state index is -0.0865. The first-order valence-corrected chi connectivity index (χ1v) is 11.9. The molecule has 3 aliphatic rings. The van der Waals surface area contributed by atoms with Gasteiger partial charge in [-0.15, -0.1) is 0 Å². The highest BCUT2D eigenvalue weighted by molar-refractivity contribution is 6.00. The molecule has 3 aromatic rings. The lowest BCUT2D eigenvalue weighted by molar-refractivity contribution is -0.0198. The Bertz CT molecular complexity index is 1130. The van der Waals surface area contributed by atoms with Crippen LogP contribution in [0.15, 0.2) is 36.8 Å². The number of hydrogen-bond donors (Lipinski definition) is 2. The number of rotatable bonds is 5. The van der Waals surface area contributed by atoms with Crippen molar-refractivity contribution >= 4 is 16.9 Å². The summed E-state index contributed by atoms with van der Waals surface area (Å²) in [6.07, 6.45) is 12.9. The molecule has 168 valence electrons. The van der Waals surface area contributed by atoms with Gasteiger partial charge in [-0.1, -0.05) is 12.1 Å². The van der Waals surface area contributed by atoms with Gasteiger partial charge in [0, 0.05) is 23.8 Å². The summed E-state index contributed by atoms with van der Waals surface area (Å²) in [5.41, 5.74) is 15.4. The van der Waals surface area contributed by atoms with Crippen LogP contribution in [0.2, 0.25) is 0 Å². The number of nitrogens with two attached hydrogens (primary N) is 2.